The van der Waals surface area contributed by atoms with Crippen LogP contribution < -0.4 is 5.56 Å². The van der Waals surface area contributed by atoms with Crippen molar-refractivity contribution in [1.29, 1.82) is 0 Å². The van der Waals surface area contributed by atoms with Crippen LogP contribution in [0, 0.1) is 13.8 Å². The van der Waals surface area contributed by atoms with Crippen molar-refractivity contribution in [3.05, 3.63) is 69.8 Å². The minimum Gasteiger partial charge on any atom is -0.268 e. The standard InChI is InChI=1S/C18H18N2O/c1-4-16-19-15-10-6-8-13(3)17(15)18(21)20(16)14-9-5-7-12(2)11-14/h5-11H,4H2,1-3H3. The van der Waals surface area contributed by atoms with E-state index >= 15 is 0 Å². The molecule has 2 aromatic carbocycles. The second-order valence-corrected chi connectivity index (χ2v) is 5.33. The second kappa shape index (κ2) is 5.17. The summed E-state index contributed by atoms with van der Waals surface area (Å²) in [6, 6.07) is 13.8. The molecule has 3 aromatic rings. The van der Waals surface area contributed by atoms with E-state index in [2.05, 4.69) is 4.98 Å². The normalized spacial score (nSPS) is 11.0. The summed E-state index contributed by atoms with van der Waals surface area (Å²) >= 11 is 0. The molecule has 3 rings (SSSR count). The first-order chi connectivity index (χ1) is 10.1. The molecule has 21 heavy (non-hydrogen) atoms. The van der Waals surface area contributed by atoms with Crippen LogP contribution in [0.15, 0.2) is 47.3 Å². The number of aryl methyl sites for hydroxylation is 3. The summed E-state index contributed by atoms with van der Waals surface area (Å²) in [4.78, 5) is 17.6. The summed E-state index contributed by atoms with van der Waals surface area (Å²) in [5, 5.41) is 0.705. The lowest BCUT2D eigenvalue weighted by atomic mass is 10.1. The molecule has 0 bridgehead atoms. The van der Waals surface area contributed by atoms with Gasteiger partial charge in [0.25, 0.3) is 5.56 Å². The van der Waals surface area contributed by atoms with Crippen LogP contribution >= 0.6 is 0 Å². The Morgan fingerprint density at radius 1 is 1.10 bits per heavy atom. The summed E-state index contributed by atoms with van der Waals surface area (Å²) in [7, 11) is 0. The molecule has 106 valence electrons. The van der Waals surface area contributed by atoms with Crippen molar-refractivity contribution in [2.75, 3.05) is 0 Å². The van der Waals surface area contributed by atoms with Crippen LogP contribution in [-0.4, -0.2) is 9.55 Å². The summed E-state index contributed by atoms with van der Waals surface area (Å²) < 4.78 is 1.74. The number of fused-ring (bicyclic) bond motifs is 1. The lowest BCUT2D eigenvalue weighted by Gasteiger charge is -2.13. The fourth-order valence-corrected chi connectivity index (χ4v) is 2.71. The largest absolute Gasteiger partial charge is 0.268 e. The van der Waals surface area contributed by atoms with Gasteiger partial charge in [0.1, 0.15) is 5.82 Å². The topological polar surface area (TPSA) is 34.9 Å². The van der Waals surface area contributed by atoms with E-state index in [4.69, 9.17) is 0 Å². The number of nitrogens with zero attached hydrogens (tertiary/aromatic N) is 2. The third kappa shape index (κ3) is 2.25. The summed E-state index contributed by atoms with van der Waals surface area (Å²) in [6.45, 7) is 6.01. The van der Waals surface area contributed by atoms with Gasteiger partial charge in [-0.2, -0.15) is 0 Å². The third-order valence-corrected chi connectivity index (χ3v) is 3.75. The fraction of sp³-hybridized carbons (Fsp3) is 0.222. The fourth-order valence-electron chi connectivity index (χ4n) is 2.71. The summed E-state index contributed by atoms with van der Waals surface area (Å²) in [5.74, 6) is 0.795. The Hall–Kier alpha value is -2.42. The number of benzene rings is 2. The van der Waals surface area contributed by atoms with Crippen molar-refractivity contribution in [3.8, 4) is 5.69 Å². The molecule has 0 aliphatic heterocycles. The van der Waals surface area contributed by atoms with Crippen LogP contribution in [0.2, 0.25) is 0 Å². The van der Waals surface area contributed by atoms with E-state index in [0.29, 0.717) is 11.8 Å². The maximum Gasteiger partial charge on any atom is 0.266 e. The zero-order valence-corrected chi connectivity index (χ0v) is 12.6. The Bertz CT molecular complexity index is 878. The van der Waals surface area contributed by atoms with Crippen molar-refractivity contribution >= 4 is 10.9 Å². The van der Waals surface area contributed by atoms with Crippen molar-refractivity contribution in [3.63, 3.8) is 0 Å². The van der Waals surface area contributed by atoms with Gasteiger partial charge in [-0.1, -0.05) is 31.2 Å². The van der Waals surface area contributed by atoms with Gasteiger partial charge in [0.05, 0.1) is 16.6 Å². The van der Waals surface area contributed by atoms with E-state index in [1.54, 1.807) is 4.57 Å². The minimum atomic E-state index is 0.0144. The predicted octanol–water partition coefficient (Wildman–Crippen LogP) is 3.56. The van der Waals surface area contributed by atoms with Gasteiger partial charge in [0, 0.05) is 6.42 Å². The molecule has 0 saturated carbocycles. The molecular weight excluding hydrogens is 260 g/mol. The van der Waals surface area contributed by atoms with Crippen LogP contribution in [0.1, 0.15) is 23.9 Å². The van der Waals surface area contributed by atoms with Crippen LogP contribution in [0.3, 0.4) is 0 Å². The molecule has 3 nitrogen and oxygen atoms in total. The van der Waals surface area contributed by atoms with E-state index in [0.717, 1.165) is 28.2 Å². The highest BCUT2D eigenvalue weighted by Gasteiger charge is 2.12. The quantitative estimate of drug-likeness (QED) is 0.718. The molecule has 0 atom stereocenters. The Morgan fingerprint density at radius 3 is 2.57 bits per heavy atom. The summed E-state index contributed by atoms with van der Waals surface area (Å²) in [6.07, 6.45) is 0.715. The molecule has 0 aliphatic rings. The average molecular weight is 278 g/mol. The zero-order valence-electron chi connectivity index (χ0n) is 12.6. The van der Waals surface area contributed by atoms with Gasteiger partial charge in [-0.05, 0) is 43.2 Å². The van der Waals surface area contributed by atoms with E-state index in [9.17, 15) is 4.79 Å². The monoisotopic (exact) mass is 278 g/mol. The summed E-state index contributed by atoms with van der Waals surface area (Å²) in [5.41, 5.74) is 3.77. The van der Waals surface area contributed by atoms with Crippen molar-refractivity contribution in [1.82, 2.24) is 9.55 Å². The molecule has 1 aromatic heterocycles. The molecule has 0 saturated heterocycles. The maximum absolute atomic E-state index is 13.0. The molecule has 0 unspecified atom stereocenters. The Labute approximate surface area is 123 Å². The van der Waals surface area contributed by atoms with Gasteiger partial charge < -0.3 is 0 Å². The lowest BCUT2D eigenvalue weighted by Crippen LogP contribution is -2.24. The van der Waals surface area contributed by atoms with E-state index < -0.39 is 0 Å². The number of hydrogen-bond acceptors (Lipinski definition) is 2. The minimum absolute atomic E-state index is 0.0144. The molecule has 3 heteroatoms. The van der Waals surface area contributed by atoms with Crippen molar-refractivity contribution in [2.24, 2.45) is 0 Å². The number of hydrogen-bond donors (Lipinski definition) is 0. The molecule has 1 heterocycles. The zero-order chi connectivity index (χ0) is 15.0. The van der Waals surface area contributed by atoms with Gasteiger partial charge in [0.15, 0.2) is 0 Å². The Balaban J connectivity index is 2.44. The van der Waals surface area contributed by atoms with Gasteiger partial charge in [0.2, 0.25) is 0 Å². The van der Waals surface area contributed by atoms with Gasteiger partial charge in [-0.25, -0.2) is 4.98 Å². The van der Waals surface area contributed by atoms with E-state index in [1.165, 1.54) is 0 Å². The highest BCUT2D eigenvalue weighted by molar-refractivity contribution is 5.81. The average Bonchev–Trinajstić information content (AvgIpc) is 2.46. The highest BCUT2D eigenvalue weighted by Crippen LogP contribution is 2.17. The maximum atomic E-state index is 13.0. The number of rotatable bonds is 2. The van der Waals surface area contributed by atoms with Crippen molar-refractivity contribution < 1.29 is 0 Å². The van der Waals surface area contributed by atoms with Gasteiger partial charge in [-0.3, -0.25) is 9.36 Å². The Kier molecular flexibility index (Phi) is 3.34. The lowest BCUT2D eigenvalue weighted by molar-refractivity contribution is 0.832. The van der Waals surface area contributed by atoms with Gasteiger partial charge in [-0.15, -0.1) is 0 Å². The molecule has 0 fully saturated rings. The molecule has 0 spiro atoms. The molecule has 0 radical (unpaired) electrons. The van der Waals surface area contributed by atoms with Crippen LogP contribution in [0.25, 0.3) is 16.6 Å². The van der Waals surface area contributed by atoms with E-state index in [-0.39, 0.29) is 5.56 Å². The highest BCUT2D eigenvalue weighted by atomic mass is 16.1. The van der Waals surface area contributed by atoms with E-state index in [1.807, 2.05) is 63.2 Å². The SMILES string of the molecule is CCc1nc2cccc(C)c2c(=O)n1-c1cccc(C)c1. The number of aromatic nitrogens is 2. The van der Waals surface area contributed by atoms with Crippen molar-refractivity contribution in [2.45, 2.75) is 27.2 Å². The third-order valence-electron chi connectivity index (χ3n) is 3.75. The van der Waals surface area contributed by atoms with Gasteiger partial charge >= 0.3 is 0 Å². The van der Waals surface area contributed by atoms with Crippen LogP contribution in [0.4, 0.5) is 0 Å². The van der Waals surface area contributed by atoms with Crippen LogP contribution in [0.5, 0.6) is 0 Å². The van der Waals surface area contributed by atoms with Crippen LogP contribution in [-0.2, 0) is 6.42 Å². The predicted molar refractivity (Wildman–Crippen MR) is 86.2 cm³/mol. The molecular formula is C18H18N2O. The second-order valence-electron chi connectivity index (χ2n) is 5.33. The first-order valence-electron chi connectivity index (χ1n) is 7.20. The Morgan fingerprint density at radius 2 is 1.86 bits per heavy atom. The molecule has 0 amide bonds. The smallest absolute Gasteiger partial charge is 0.266 e. The first kappa shape index (κ1) is 13.6. The first-order valence-corrected chi connectivity index (χ1v) is 7.20. The molecule has 0 N–H and O–H groups in total. The molecule has 0 aliphatic carbocycles.